The van der Waals surface area contributed by atoms with Crippen molar-refractivity contribution >= 4 is 5.91 Å². The highest BCUT2D eigenvalue weighted by Gasteiger charge is 2.12. The molecule has 0 saturated carbocycles. The summed E-state index contributed by atoms with van der Waals surface area (Å²) >= 11 is 0. The van der Waals surface area contributed by atoms with E-state index in [0.29, 0.717) is 30.4 Å². The molecule has 1 atom stereocenters. The van der Waals surface area contributed by atoms with Crippen LogP contribution in [0.15, 0.2) is 42.7 Å². The third-order valence-corrected chi connectivity index (χ3v) is 3.02. The lowest BCUT2D eigenvalue weighted by molar-refractivity contribution is 0.0913. The Balaban J connectivity index is 1.89. The molecule has 0 bridgehead atoms. The molecule has 0 unspecified atom stereocenters. The first-order valence-electron chi connectivity index (χ1n) is 7.15. The Morgan fingerprint density at radius 1 is 1.26 bits per heavy atom. The molecule has 7 heteroatoms. The van der Waals surface area contributed by atoms with Crippen molar-refractivity contribution in [2.75, 3.05) is 26.9 Å². The molecule has 1 amide bonds. The Hall–Kier alpha value is -2.51. The lowest BCUT2D eigenvalue weighted by Gasteiger charge is -2.11. The van der Waals surface area contributed by atoms with Crippen molar-refractivity contribution in [3.05, 3.63) is 54.0 Å². The Bertz CT molecular complexity index is 622. The summed E-state index contributed by atoms with van der Waals surface area (Å²) in [6.45, 7) is 0.860. The number of methoxy groups -OCH3 is 1. The summed E-state index contributed by atoms with van der Waals surface area (Å²) in [4.78, 5) is 20.2. The minimum atomic E-state index is -0.862. The van der Waals surface area contributed by atoms with Crippen molar-refractivity contribution in [3.63, 3.8) is 0 Å². The van der Waals surface area contributed by atoms with Gasteiger partial charge >= 0.3 is 0 Å². The number of carbonyl (C=O) groups is 1. The minimum absolute atomic E-state index is 0.0675. The lowest BCUT2D eigenvalue weighted by Crippen LogP contribution is -2.28. The number of amides is 1. The number of rotatable bonds is 8. The van der Waals surface area contributed by atoms with Gasteiger partial charge in [-0.2, -0.15) is 0 Å². The Kier molecular flexibility index (Phi) is 6.46. The summed E-state index contributed by atoms with van der Waals surface area (Å²) in [6.07, 6.45) is 2.22. The summed E-state index contributed by atoms with van der Waals surface area (Å²) in [5, 5.41) is 12.6. The van der Waals surface area contributed by atoms with Crippen molar-refractivity contribution in [1.82, 2.24) is 15.3 Å². The fraction of sp³-hybridized carbons (Fsp3) is 0.312. The van der Waals surface area contributed by atoms with E-state index in [1.54, 1.807) is 37.6 Å². The van der Waals surface area contributed by atoms with Gasteiger partial charge in [-0.25, -0.2) is 4.98 Å². The maximum Gasteiger partial charge on any atom is 0.251 e. The molecule has 0 aliphatic rings. The van der Waals surface area contributed by atoms with Gasteiger partial charge in [0.15, 0.2) is 0 Å². The highest BCUT2D eigenvalue weighted by atomic mass is 16.5. The first kappa shape index (κ1) is 16.9. The second kappa shape index (κ2) is 8.82. The summed E-state index contributed by atoms with van der Waals surface area (Å²) in [7, 11) is 1.58. The van der Waals surface area contributed by atoms with Gasteiger partial charge in [0, 0.05) is 37.7 Å². The van der Waals surface area contributed by atoms with E-state index in [0.717, 1.165) is 0 Å². The van der Waals surface area contributed by atoms with Crippen LogP contribution in [-0.4, -0.2) is 47.8 Å². The Labute approximate surface area is 134 Å². The van der Waals surface area contributed by atoms with Gasteiger partial charge in [-0.15, -0.1) is 0 Å². The summed E-state index contributed by atoms with van der Waals surface area (Å²) in [5.41, 5.74) is 0.909. The van der Waals surface area contributed by atoms with Crippen LogP contribution >= 0.6 is 0 Å². The van der Waals surface area contributed by atoms with Crippen LogP contribution in [0.1, 0.15) is 22.2 Å². The highest BCUT2D eigenvalue weighted by molar-refractivity contribution is 5.94. The molecule has 0 aliphatic heterocycles. The van der Waals surface area contributed by atoms with Crippen molar-refractivity contribution in [1.29, 1.82) is 0 Å². The highest BCUT2D eigenvalue weighted by Crippen LogP contribution is 2.11. The SMILES string of the molecule is COCCOc1cc(C(=O)NC[C@@H](O)c2ccccn2)ccn1. The third kappa shape index (κ3) is 5.32. The second-order valence-electron chi connectivity index (χ2n) is 4.70. The van der Waals surface area contributed by atoms with Crippen molar-refractivity contribution < 1.29 is 19.4 Å². The first-order valence-corrected chi connectivity index (χ1v) is 7.15. The molecule has 0 aromatic carbocycles. The molecule has 0 aliphatic carbocycles. The predicted molar refractivity (Wildman–Crippen MR) is 83.1 cm³/mol. The van der Waals surface area contributed by atoms with E-state index in [2.05, 4.69) is 15.3 Å². The molecule has 7 nitrogen and oxygen atoms in total. The van der Waals surface area contributed by atoms with Crippen LogP contribution in [-0.2, 0) is 4.74 Å². The zero-order valence-electron chi connectivity index (χ0n) is 12.8. The fourth-order valence-corrected chi connectivity index (χ4v) is 1.83. The first-order chi connectivity index (χ1) is 11.2. The largest absolute Gasteiger partial charge is 0.475 e. The molecule has 23 heavy (non-hydrogen) atoms. The van der Waals surface area contributed by atoms with E-state index in [9.17, 15) is 9.90 Å². The van der Waals surface area contributed by atoms with Crippen molar-refractivity contribution in [3.8, 4) is 5.88 Å². The maximum atomic E-state index is 12.1. The van der Waals surface area contributed by atoms with E-state index >= 15 is 0 Å². The van der Waals surface area contributed by atoms with Gasteiger partial charge in [0.2, 0.25) is 5.88 Å². The van der Waals surface area contributed by atoms with Crippen LogP contribution in [0.5, 0.6) is 5.88 Å². The fourth-order valence-electron chi connectivity index (χ4n) is 1.83. The van der Waals surface area contributed by atoms with Crippen LogP contribution < -0.4 is 10.1 Å². The van der Waals surface area contributed by atoms with Crippen LogP contribution in [0.4, 0.5) is 0 Å². The summed E-state index contributed by atoms with van der Waals surface area (Å²) in [5.74, 6) is 0.0268. The number of hydrogen-bond acceptors (Lipinski definition) is 6. The van der Waals surface area contributed by atoms with E-state index in [4.69, 9.17) is 9.47 Å². The monoisotopic (exact) mass is 317 g/mol. The van der Waals surface area contributed by atoms with Gasteiger partial charge < -0.3 is 19.9 Å². The molecule has 0 radical (unpaired) electrons. The minimum Gasteiger partial charge on any atom is -0.475 e. The maximum absolute atomic E-state index is 12.1. The lowest BCUT2D eigenvalue weighted by atomic mass is 10.2. The van der Waals surface area contributed by atoms with Gasteiger partial charge in [-0.1, -0.05) is 6.07 Å². The molecule has 0 saturated heterocycles. The van der Waals surface area contributed by atoms with Crippen LogP contribution in [0.25, 0.3) is 0 Å². The molecule has 2 aromatic rings. The number of aliphatic hydroxyl groups excluding tert-OH is 1. The number of ether oxygens (including phenoxy) is 2. The van der Waals surface area contributed by atoms with Crippen LogP contribution in [0.2, 0.25) is 0 Å². The molecular weight excluding hydrogens is 298 g/mol. The molecule has 2 aromatic heterocycles. The average Bonchev–Trinajstić information content (AvgIpc) is 2.60. The second-order valence-corrected chi connectivity index (χ2v) is 4.70. The van der Waals surface area contributed by atoms with Gasteiger partial charge in [0.1, 0.15) is 12.7 Å². The van der Waals surface area contributed by atoms with Crippen LogP contribution in [0.3, 0.4) is 0 Å². The Morgan fingerprint density at radius 2 is 2.13 bits per heavy atom. The molecular formula is C16H19N3O4. The molecule has 0 spiro atoms. The average molecular weight is 317 g/mol. The van der Waals surface area contributed by atoms with Crippen LogP contribution in [0, 0.1) is 0 Å². The zero-order chi connectivity index (χ0) is 16.5. The van der Waals surface area contributed by atoms with Gasteiger partial charge in [0.25, 0.3) is 5.91 Å². The molecule has 2 heterocycles. The quantitative estimate of drug-likeness (QED) is 0.705. The number of hydrogen-bond donors (Lipinski definition) is 2. The van der Waals surface area contributed by atoms with Gasteiger partial charge in [-0.05, 0) is 18.2 Å². The summed E-state index contributed by atoms with van der Waals surface area (Å²) < 4.78 is 10.2. The molecule has 2 rings (SSSR count). The van der Waals surface area contributed by atoms with E-state index in [1.807, 2.05) is 0 Å². The zero-order valence-corrected chi connectivity index (χ0v) is 12.8. The van der Waals surface area contributed by atoms with Gasteiger partial charge in [-0.3, -0.25) is 9.78 Å². The normalized spacial score (nSPS) is 11.7. The standard InChI is InChI=1S/C16H19N3O4/c1-22-8-9-23-15-10-12(5-7-18-15)16(21)19-11-14(20)13-4-2-3-6-17-13/h2-7,10,14,20H,8-9,11H2,1H3,(H,19,21)/t14-/m1/s1. The number of carbonyl (C=O) groups excluding carboxylic acids is 1. The molecule has 122 valence electrons. The van der Waals surface area contributed by atoms with E-state index in [1.165, 1.54) is 12.3 Å². The molecule has 2 N–H and O–H groups in total. The number of nitrogens with one attached hydrogen (secondary N) is 1. The van der Waals surface area contributed by atoms with Crippen molar-refractivity contribution in [2.24, 2.45) is 0 Å². The number of nitrogens with zero attached hydrogens (tertiary/aromatic N) is 2. The third-order valence-electron chi connectivity index (χ3n) is 3.02. The van der Waals surface area contributed by atoms with E-state index < -0.39 is 6.10 Å². The number of aromatic nitrogens is 2. The van der Waals surface area contributed by atoms with Gasteiger partial charge in [0.05, 0.1) is 12.3 Å². The predicted octanol–water partition coefficient (Wildman–Crippen LogP) is 0.965. The topological polar surface area (TPSA) is 93.6 Å². The number of aliphatic hydroxyl groups is 1. The smallest absolute Gasteiger partial charge is 0.251 e. The molecule has 0 fully saturated rings. The van der Waals surface area contributed by atoms with Crippen molar-refractivity contribution in [2.45, 2.75) is 6.10 Å². The summed E-state index contributed by atoms with van der Waals surface area (Å²) in [6, 6.07) is 8.35. The number of pyridine rings is 2. The van der Waals surface area contributed by atoms with E-state index in [-0.39, 0.29) is 12.5 Å². The Morgan fingerprint density at radius 3 is 2.87 bits per heavy atom.